The molecule has 0 aliphatic carbocycles. The Labute approximate surface area is 195 Å². The molecule has 6 nitrogen and oxygen atoms in total. The summed E-state index contributed by atoms with van der Waals surface area (Å²) in [6.45, 7) is 9.36. The van der Waals surface area contributed by atoms with Gasteiger partial charge in [-0.15, -0.1) is 35.3 Å². The predicted octanol–water partition coefficient (Wildman–Crippen LogP) is 3.96. The molecule has 2 rings (SSSR count). The van der Waals surface area contributed by atoms with Gasteiger partial charge in [0.25, 0.3) is 0 Å². The van der Waals surface area contributed by atoms with Crippen molar-refractivity contribution >= 4 is 41.3 Å². The second-order valence-corrected chi connectivity index (χ2v) is 7.25. The minimum atomic E-state index is 0. The number of rotatable bonds is 11. The van der Waals surface area contributed by atoms with Crippen LogP contribution in [0.15, 0.2) is 40.7 Å². The summed E-state index contributed by atoms with van der Waals surface area (Å²) in [5.41, 5.74) is 1.10. The van der Waals surface area contributed by atoms with E-state index in [4.69, 9.17) is 9.47 Å². The Bertz CT molecular complexity index is 721. The van der Waals surface area contributed by atoms with Crippen LogP contribution in [0.2, 0.25) is 0 Å². The molecule has 29 heavy (non-hydrogen) atoms. The molecule has 162 valence electrons. The molecule has 0 unspecified atom stereocenters. The number of hydrogen-bond donors (Lipinski definition) is 2. The molecule has 0 aliphatic rings. The van der Waals surface area contributed by atoms with Crippen LogP contribution in [-0.4, -0.2) is 51.3 Å². The molecule has 0 aliphatic heterocycles. The second-order valence-electron chi connectivity index (χ2n) is 6.22. The lowest BCUT2D eigenvalue weighted by Crippen LogP contribution is -2.36. The number of thiophene rings is 1. The third kappa shape index (κ3) is 8.79. The van der Waals surface area contributed by atoms with Gasteiger partial charge in [-0.25, -0.2) is 0 Å². The first-order valence-electron chi connectivity index (χ1n) is 9.69. The van der Waals surface area contributed by atoms with Gasteiger partial charge in [0.1, 0.15) is 6.61 Å². The van der Waals surface area contributed by atoms with E-state index in [0.29, 0.717) is 13.2 Å². The highest BCUT2D eigenvalue weighted by atomic mass is 127. The van der Waals surface area contributed by atoms with Crippen molar-refractivity contribution in [2.24, 2.45) is 4.99 Å². The van der Waals surface area contributed by atoms with Crippen LogP contribution in [0.3, 0.4) is 0 Å². The van der Waals surface area contributed by atoms with Gasteiger partial charge in [0.15, 0.2) is 17.5 Å². The number of methoxy groups -OCH3 is 1. The molecular weight excluding hydrogens is 499 g/mol. The molecule has 0 saturated heterocycles. The Kier molecular flexibility index (Phi) is 12.7. The highest BCUT2D eigenvalue weighted by molar-refractivity contribution is 14.0. The van der Waals surface area contributed by atoms with Gasteiger partial charge in [-0.3, -0.25) is 4.99 Å². The molecule has 1 aromatic heterocycles. The average molecular weight is 532 g/mol. The van der Waals surface area contributed by atoms with Crippen molar-refractivity contribution in [1.82, 2.24) is 15.5 Å². The molecule has 0 spiro atoms. The number of ether oxygens (including phenoxy) is 2. The molecule has 0 radical (unpaired) electrons. The molecule has 1 aromatic carbocycles. The van der Waals surface area contributed by atoms with E-state index in [1.165, 1.54) is 4.88 Å². The van der Waals surface area contributed by atoms with Gasteiger partial charge in [0, 0.05) is 25.0 Å². The number of likely N-dealkylation sites (N-methyl/N-ethyl adjacent to an activating group) is 1. The van der Waals surface area contributed by atoms with Gasteiger partial charge in [-0.2, -0.15) is 0 Å². The summed E-state index contributed by atoms with van der Waals surface area (Å²) < 4.78 is 11.4. The topological polar surface area (TPSA) is 58.1 Å². The normalized spacial score (nSPS) is 11.1. The second kappa shape index (κ2) is 14.5. The van der Waals surface area contributed by atoms with E-state index in [9.17, 15) is 0 Å². The summed E-state index contributed by atoms with van der Waals surface area (Å²) in [6.07, 6.45) is 0. The quantitative estimate of drug-likeness (QED) is 0.261. The number of guanidine groups is 1. The lowest BCUT2D eigenvalue weighted by molar-refractivity contribution is 0.217. The smallest absolute Gasteiger partial charge is 0.191 e. The molecule has 0 saturated carbocycles. The molecule has 2 N–H and O–H groups in total. The van der Waals surface area contributed by atoms with Gasteiger partial charge in [0.2, 0.25) is 0 Å². The predicted molar refractivity (Wildman–Crippen MR) is 133 cm³/mol. The van der Waals surface area contributed by atoms with E-state index in [1.807, 2.05) is 12.1 Å². The van der Waals surface area contributed by atoms with E-state index in [2.05, 4.69) is 58.0 Å². The molecule has 0 amide bonds. The van der Waals surface area contributed by atoms with E-state index < -0.39 is 0 Å². The number of nitrogens with one attached hydrogen (secondary N) is 2. The molecule has 1 heterocycles. The molecule has 8 heteroatoms. The van der Waals surface area contributed by atoms with Gasteiger partial charge in [-0.05, 0) is 42.2 Å². The standard InChI is InChI=1S/C21H32N4O2S.HI/c1-5-25(6-2)11-12-27-19-10-9-17(14-20(19)26-4)15-23-21(22-3)24-16-18-8-7-13-28-18;/h7-10,13-14H,5-6,11-12,15-16H2,1-4H3,(H2,22,23,24);1H. The Morgan fingerprint density at radius 3 is 2.48 bits per heavy atom. The number of aliphatic imine (C=N–C) groups is 1. The maximum Gasteiger partial charge on any atom is 0.191 e. The van der Waals surface area contributed by atoms with Crippen molar-refractivity contribution in [3.05, 3.63) is 46.2 Å². The zero-order valence-corrected chi connectivity index (χ0v) is 20.9. The Morgan fingerprint density at radius 2 is 1.86 bits per heavy atom. The molecule has 0 atom stereocenters. The van der Waals surface area contributed by atoms with Crippen LogP contribution < -0.4 is 20.1 Å². The highest BCUT2D eigenvalue weighted by Crippen LogP contribution is 2.28. The summed E-state index contributed by atoms with van der Waals surface area (Å²) in [7, 11) is 3.45. The van der Waals surface area contributed by atoms with Crippen LogP contribution in [0.1, 0.15) is 24.3 Å². The largest absolute Gasteiger partial charge is 0.493 e. The van der Waals surface area contributed by atoms with Crippen molar-refractivity contribution in [2.45, 2.75) is 26.9 Å². The van der Waals surface area contributed by atoms with Crippen LogP contribution in [0.5, 0.6) is 11.5 Å². The number of halogens is 1. The Hall–Kier alpha value is -1.52. The fraction of sp³-hybridized carbons (Fsp3) is 0.476. The zero-order chi connectivity index (χ0) is 20.2. The van der Waals surface area contributed by atoms with Crippen LogP contribution in [0.25, 0.3) is 0 Å². The van der Waals surface area contributed by atoms with Crippen molar-refractivity contribution in [2.75, 3.05) is 40.4 Å². The summed E-state index contributed by atoms with van der Waals surface area (Å²) in [5, 5.41) is 8.73. The zero-order valence-electron chi connectivity index (χ0n) is 17.7. The molecule has 0 bridgehead atoms. The number of benzene rings is 1. The Morgan fingerprint density at radius 1 is 1.10 bits per heavy atom. The number of nitrogens with zero attached hydrogens (tertiary/aromatic N) is 2. The van der Waals surface area contributed by atoms with Gasteiger partial charge in [0.05, 0.1) is 13.7 Å². The maximum absolute atomic E-state index is 5.92. The third-order valence-electron chi connectivity index (χ3n) is 4.48. The van der Waals surface area contributed by atoms with Gasteiger partial charge in [-0.1, -0.05) is 26.0 Å². The monoisotopic (exact) mass is 532 g/mol. The van der Waals surface area contributed by atoms with Gasteiger partial charge >= 0.3 is 0 Å². The van der Waals surface area contributed by atoms with Crippen LogP contribution in [-0.2, 0) is 13.1 Å². The lowest BCUT2D eigenvalue weighted by Gasteiger charge is -2.19. The van der Waals surface area contributed by atoms with Crippen molar-refractivity contribution in [1.29, 1.82) is 0 Å². The fourth-order valence-electron chi connectivity index (χ4n) is 2.76. The summed E-state index contributed by atoms with van der Waals surface area (Å²) in [4.78, 5) is 7.88. The van der Waals surface area contributed by atoms with E-state index >= 15 is 0 Å². The van der Waals surface area contributed by atoms with Crippen molar-refractivity contribution in [3.63, 3.8) is 0 Å². The summed E-state index contributed by atoms with van der Waals surface area (Å²) in [6, 6.07) is 10.2. The summed E-state index contributed by atoms with van der Waals surface area (Å²) >= 11 is 1.73. The molecule has 2 aromatic rings. The van der Waals surface area contributed by atoms with Crippen LogP contribution in [0.4, 0.5) is 0 Å². The molecule has 0 fully saturated rings. The first-order chi connectivity index (χ1) is 13.7. The van der Waals surface area contributed by atoms with E-state index in [1.54, 1.807) is 25.5 Å². The van der Waals surface area contributed by atoms with Crippen LogP contribution in [0, 0.1) is 0 Å². The minimum absolute atomic E-state index is 0. The third-order valence-corrected chi connectivity index (χ3v) is 5.36. The van der Waals surface area contributed by atoms with Crippen molar-refractivity contribution in [3.8, 4) is 11.5 Å². The lowest BCUT2D eigenvalue weighted by atomic mass is 10.2. The maximum atomic E-state index is 5.92. The highest BCUT2D eigenvalue weighted by Gasteiger charge is 2.08. The molecular formula is C21H33IN4O2S. The minimum Gasteiger partial charge on any atom is -0.493 e. The first-order valence-corrected chi connectivity index (χ1v) is 10.6. The SMILES string of the molecule is CCN(CC)CCOc1ccc(CNC(=NC)NCc2cccs2)cc1OC.I. The summed E-state index contributed by atoms with van der Waals surface area (Å²) in [5.74, 6) is 2.30. The fourth-order valence-corrected chi connectivity index (χ4v) is 3.40. The van der Waals surface area contributed by atoms with Gasteiger partial charge < -0.3 is 25.0 Å². The van der Waals surface area contributed by atoms with E-state index in [0.717, 1.165) is 49.2 Å². The first kappa shape index (κ1) is 25.5. The van der Waals surface area contributed by atoms with Crippen LogP contribution >= 0.6 is 35.3 Å². The van der Waals surface area contributed by atoms with E-state index in [-0.39, 0.29) is 24.0 Å². The van der Waals surface area contributed by atoms with Crippen molar-refractivity contribution < 1.29 is 9.47 Å². The Balaban J connectivity index is 0.00000420. The number of hydrogen-bond acceptors (Lipinski definition) is 5. The average Bonchev–Trinajstić information content (AvgIpc) is 3.25.